The summed E-state index contributed by atoms with van der Waals surface area (Å²) in [5.41, 5.74) is 1.05. The van der Waals surface area contributed by atoms with Crippen LogP contribution in [0, 0.1) is 16.7 Å². The van der Waals surface area contributed by atoms with Crippen LogP contribution in [-0.2, 0) is 0 Å². The van der Waals surface area contributed by atoms with E-state index in [0.717, 1.165) is 5.92 Å². The van der Waals surface area contributed by atoms with Crippen molar-refractivity contribution in [2.45, 2.75) is 53.4 Å². The second kappa shape index (κ2) is 5.50. The number of rotatable bonds is 3. The van der Waals surface area contributed by atoms with Crippen molar-refractivity contribution >= 4 is 0 Å². The highest BCUT2D eigenvalue weighted by molar-refractivity contribution is 4.91. The summed E-state index contributed by atoms with van der Waals surface area (Å²) in [4.78, 5) is 2.74. The largest absolute Gasteiger partial charge is 0.316 e. The average molecular weight is 252 g/mol. The molecule has 0 aromatic carbocycles. The highest BCUT2D eigenvalue weighted by Gasteiger charge is 2.37. The van der Waals surface area contributed by atoms with Gasteiger partial charge in [0.2, 0.25) is 0 Å². The SMILES string of the molecule is CCC1(CN2CCC(C(C)(C)C)C2)CCCNC1. The lowest BCUT2D eigenvalue weighted by Gasteiger charge is -2.40. The van der Waals surface area contributed by atoms with Crippen molar-refractivity contribution in [2.75, 3.05) is 32.7 Å². The summed E-state index contributed by atoms with van der Waals surface area (Å²) in [6, 6.07) is 0. The first kappa shape index (κ1) is 14.3. The van der Waals surface area contributed by atoms with E-state index in [9.17, 15) is 0 Å². The van der Waals surface area contributed by atoms with E-state index < -0.39 is 0 Å². The van der Waals surface area contributed by atoms with E-state index in [4.69, 9.17) is 0 Å². The normalized spacial score (nSPS) is 35.0. The molecule has 0 aliphatic carbocycles. The van der Waals surface area contributed by atoms with Gasteiger partial charge in [0.25, 0.3) is 0 Å². The molecule has 2 rings (SSSR count). The molecule has 0 amide bonds. The van der Waals surface area contributed by atoms with E-state index in [-0.39, 0.29) is 0 Å². The Kier molecular flexibility index (Phi) is 4.38. The monoisotopic (exact) mass is 252 g/mol. The Balaban J connectivity index is 1.90. The van der Waals surface area contributed by atoms with Crippen molar-refractivity contribution in [3.05, 3.63) is 0 Å². The van der Waals surface area contributed by atoms with Crippen molar-refractivity contribution < 1.29 is 0 Å². The number of likely N-dealkylation sites (tertiary alicyclic amines) is 1. The molecule has 0 saturated carbocycles. The minimum Gasteiger partial charge on any atom is -0.316 e. The lowest BCUT2D eigenvalue weighted by Crippen LogP contribution is -2.47. The first-order valence-electron chi connectivity index (χ1n) is 7.88. The fourth-order valence-electron chi connectivity index (χ4n) is 3.74. The van der Waals surface area contributed by atoms with Gasteiger partial charge in [0.05, 0.1) is 0 Å². The maximum Gasteiger partial charge on any atom is 0.00502 e. The Hall–Kier alpha value is -0.0800. The molecule has 0 aromatic heterocycles. The highest BCUT2D eigenvalue weighted by atomic mass is 15.2. The number of nitrogens with one attached hydrogen (secondary N) is 1. The highest BCUT2D eigenvalue weighted by Crippen LogP contribution is 2.37. The standard InChI is InChI=1S/C16H32N2/c1-5-16(8-6-9-17-12-16)13-18-10-7-14(11-18)15(2,3)4/h14,17H,5-13H2,1-4H3. The molecule has 2 heterocycles. The van der Waals surface area contributed by atoms with E-state index in [2.05, 4.69) is 37.9 Å². The Bertz CT molecular complexity index is 261. The average Bonchev–Trinajstić information content (AvgIpc) is 2.78. The Morgan fingerprint density at radius 3 is 2.61 bits per heavy atom. The summed E-state index contributed by atoms with van der Waals surface area (Å²) >= 11 is 0. The maximum atomic E-state index is 3.62. The van der Waals surface area contributed by atoms with Gasteiger partial charge in [-0.05, 0) is 55.5 Å². The molecule has 106 valence electrons. The second-order valence-electron chi connectivity index (χ2n) is 7.72. The molecule has 18 heavy (non-hydrogen) atoms. The Labute approximate surface area is 114 Å². The third kappa shape index (κ3) is 3.27. The number of hydrogen-bond acceptors (Lipinski definition) is 2. The van der Waals surface area contributed by atoms with Gasteiger partial charge in [-0.2, -0.15) is 0 Å². The van der Waals surface area contributed by atoms with E-state index in [1.165, 1.54) is 58.4 Å². The number of nitrogens with zero attached hydrogens (tertiary/aromatic N) is 1. The summed E-state index contributed by atoms with van der Waals surface area (Å²) in [7, 11) is 0. The first-order valence-corrected chi connectivity index (χ1v) is 7.88. The summed E-state index contributed by atoms with van der Waals surface area (Å²) in [5.74, 6) is 0.892. The van der Waals surface area contributed by atoms with Crippen LogP contribution < -0.4 is 5.32 Å². The molecular weight excluding hydrogens is 220 g/mol. The quantitative estimate of drug-likeness (QED) is 0.830. The smallest absolute Gasteiger partial charge is 0.00502 e. The van der Waals surface area contributed by atoms with Crippen molar-refractivity contribution in [1.82, 2.24) is 10.2 Å². The fraction of sp³-hybridized carbons (Fsp3) is 1.00. The van der Waals surface area contributed by atoms with Crippen LogP contribution in [-0.4, -0.2) is 37.6 Å². The minimum atomic E-state index is 0.485. The Morgan fingerprint density at radius 1 is 1.33 bits per heavy atom. The van der Waals surface area contributed by atoms with Gasteiger partial charge in [-0.3, -0.25) is 0 Å². The van der Waals surface area contributed by atoms with Gasteiger partial charge < -0.3 is 10.2 Å². The molecule has 2 nitrogen and oxygen atoms in total. The van der Waals surface area contributed by atoms with Crippen molar-refractivity contribution in [1.29, 1.82) is 0 Å². The third-order valence-corrected chi connectivity index (χ3v) is 5.37. The zero-order valence-corrected chi connectivity index (χ0v) is 12.9. The summed E-state index contributed by atoms with van der Waals surface area (Å²) in [6.45, 7) is 16.0. The summed E-state index contributed by atoms with van der Waals surface area (Å²) in [5, 5.41) is 3.62. The van der Waals surface area contributed by atoms with Gasteiger partial charge in [-0.25, -0.2) is 0 Å². The molecule has 0 radical (unpaired) electrons. The van der Waals surface area contributed by atoms with Gasteiger partial charge in [0.1, 0.15) is 0 Å². The lowest BCUT2D eigenvalue weighted by atomic mass is 9.77. The van der Waals surface area contributed by atoms with Crippen LogP contribution in [0.2, 0.25) is 0 Å². The van der Waals surface area contributed by atoms with Crippen LogP contribution in [0.1, 0.15) is 53.4 Å². The van der Waals surface area contributed by atoms with Crippen LogP contribution >= 0.6 is 0 Å². The van der Waals surface area contributed by atoms with E-state index in [1.54, 1.807) is 0 Å². The second-order valence-corrected chi connectivity index (χ2v) is 7.72. The maximum absolute atomic E-state index is 3.62. The van der Waals surface area contributed by atoms with Crippen LogP contribution in [0.15, 0.2) is 0 Å². The van der Waals surface area contributed by atoms with E-state index in [1.807, 2.05) is 0 Å². The van der Waals surface area contributed by atoms with Crippen molar-refractivity contribution in [3.8, 4) is 0 Å². The predicted molar refractivity (Wildman–Crippen MR) is 78.8 cm³/mol. The summed E-state index contributed by atoms with van der Waals surface area (Å²) in [6.07, 6.45) is 5.52. The van der Waals surface area contributed by atoms with Crippen molar-refractivity contribution in [3.63, 3.8) is 0 Å². The molecule has 0 aromatic rings. The van der Waals surface area contributed by atoms with E-state index in [0.29, 0.717) is 10.8 Å². The number of piperidine rings is 1. The minimum absolute atomic E-state index is 0.485. The van der Waals surface area contributed by atoms with Gasteiger partial charge in [-0.15, -0.1) is 0 Å². The van der Waals surface area contributed by atoms with Crippen LogP contribution in [0.25, 0.3) is 0 Å². The molecule has 0 bridgehead atoms. The molecule has 2 aliphatic rings. The molecule has 2 saturated heterocycles. The molecule has 2 unspecified atom stereocenters. The van der Waals surface area contributed by atoms with Crippen LogP contribution in [0.4, 0.5) is 0 Å². The Morgan fingerprint density at radius 2 is 2.11 bits per heavy atom. The zero-order valence-electron chi connectivity index (χ0n) is 12.9. The third-order valence-electron chi connectivity index (χ3n) is 5.37. The van der Waals surface area contributed by atoms with E-state index >= 15 is 0 Å². The zero-order chi connectivity index (χ0) is 13.2. The molecule has 2 aliphatic heterocycles. The van der Waals surface area contributed by atoms with Crippen LogP contribution in [0.5, 0.6) is 0 Å². The molecule has 0 spiro atoms. The molecule has 2 fully saturated rings. The molecule has 2 heteroatoms. The topological polar surface area (TPSA) is 15.3 Å². The first-order chi connectivity index (χ1) is 8.45. The van der Waals surface area contributed by atoms with Gasteiger partial charge in [-0.1, -0.05) is 27.7 Å². The molecule has 2 atom stereocenters. The molecule has 1 N–H and O–H groups in total. The van der Waals surface area contributed by atoms with Gasteiger partial charge >= 0.3 is 0 Å². The predicted octanol–water partition coefficient (Wildman–Crippen LogP) is 3.13. The van der Waals surface area contributed by atoms with Crippen LogP contribution in [0.3, 0.4) is 0 Å². The van der Waals surface area contributed by atoms with Crippen molar-refractivity contribution in [2.24, 2.45) is 16.7 Å². The lowest BCUT2D eigenvalue weighted by molar-refractivity contribution is 0.118. The molecular formula is C16H32N2. The van der Waals surface area contributed by atoms with Gasteiger partial charge in [0, 0.05) is 19.6 Å². The fourth-order valence-corrected chi connectivity index (χ4v) is 3.74. The summed E-state index contributed by atoms with van der Waals surface area (Å²) < 4.78 is 0. The number of hydrogen-bond donors (Lipinski definition) is 1. The van der Waals surface area contributed by atoms with Gasteiger partial charge in [0.15, 0.2) is 0 Å².